The van der Waals surface area contributed by atoms with E-state index >= 15 is 0 Å². The van der Waals surface area contributed by atoms with Crippen LogP contribution in [0.15, 0.2) is 156 Å². The highest BCUT2D eigenvalue weighted by atomic mass is 16.3. The molecule has 0 aliphatic carbocycles. The van der Waals surface area contributed by atoms with Crippen molar-refractivity contribution in [3.05, 3.63) is 157 Å². The van der Waals surface area contributed by atoms with E-state index in [1.54, 1.807) is 0 Å². The molecule has 7 aromatic carbocycles. The molecule has 0 fully saturated rings. The lowest BCUT2D eigenvalue weighted by atomic mass is 10.00. The quantitative estimate of drug-likeness (QED) is 0.203. The first-order valence-electron chi connectivity index (χ1n) is 15.7. The highest BCUT2D eigenvalue weighted by molar-refractivity contribution is 6.12. The van der Waals surface area contributed by atoms with Crippen molar-refractivity contribution in [3.63, 3.8) is 0 Å². The Morgan fingerprint density at radius 1 is 0.404 bits per heavy atom. The van der Waals surface area contributed by atoms with Crippen molar-refractivity contribution < 1.29 is 4.42 Å². The summed E-state index contributed by atoms with van der Waals surface area (Å²) in [5.41, 5.74) is 11.0. The Kier molecular flexibility index (Phi) is 5.32. The molecule has 218 valence electrons. The van der Waals surface area contributed by atoms with Crippen molar-refractivity contribution >= 4 is 65.6 Å². The van der Waals surface area contributed by atoms with Gasteiger partial charge in [0.15, 0.2) is 0 Å². The first kappa shape index (κ1) is 25.7. The molecule has 3 heterocycles. The van der Waals surface area contributed by atoms with Crippen molar-refractivity contribution in [3.8, 4) is 28.6 Å². The fourth-order valence-corrected chi connectivity index (χ4v) is 7.46. The summed E-state index contributed by atoms with van der Waals surface area (Å²) in [6.07, 6.45) is 0. The van der Waals surface area contributed by atoms with Crippen LogP contribution in [-0.2, 0) is 0 Å². The zero-order chi connectivity index (χ0) is 31.1. The fraction of sp³-hybridized carbons (Fsp3) is 0. The largest absolute Gasteiger partial charge is 0.456 e. The molecule has 0 bridgehead atoms. The molecule has 4 nitrogen and oxygen atoms in total. The van der Waals surface area contributed by atoms with Crippen molar-refractivity contribution in [1.29, 1.82) is 5.26 Å². The maximum atomic E-state index is 10.2. The van der Waals surface area contributed by atoms with Crippen LogP contribution in [0.3, 0.4) is 0 Å². The van der Waals surface area contributed by atoms with E-state index in [-0.39, 0.29) is 0 Å². The molecule has 0 saturated heterocycles. The van der Waals surface area contributed by atoms with Gasteiger partial charge < -0.3 is 13.6 Å². The van der Waals surface area contributed by atoms with Crippen LogP contribution < -0.4 is 0 Å². The minimum absolute atomic E-state index is 0.613. The van der Waals surface area contributed by atoms with Gasteiger partial charge in [0.05, 0.1) is 33.7 Å². The Morgan fingerprint density at radius 2 is 0.979 bits per heavy atom. The van der Waals surface area contributed by atoms with Crippen LogP contribution in [0.2, 0.25) is 0 Å². The van der Waals surface area contributed by atoms with Crippen molar-refractivity contribution in [1.82, 2.24) is 9.13 Å². The standard InChI is InChI=1S/C43H25N3O/c44-26-27-21-29(28-17-20-43-37(24-28)35-12-4-8-16-42(35)47-43)23-31(22-27)46-40-15-7-3-11-34(40)36-25-30(18-19-41(36)46)45-38-13-5-1-9-32(38)33-10-2-6-14-39(33)45/h1-25H. The number of rotatable bonds is 3. The van der Waals surface area contributed by atoms with Gasteiger partial charge in [-0.25, -0.2) is 0 Å². The molecule has 0 saturated carbocycles. The van der Waals surface area contributed by atoms with Crippen LogP contribution in [0.25, 0.3) is 88.1 Å². The topological polar surface area (TPSA) is 46.8 Å². The highest BCUT2D eigenvalue weighted by Gasteiger charge is 2.17. The van der Waals surface area contributed by atoms with E-state index in [4.69, 9.17) is 4.42 Å². The minimum Gasteiger partial charge on any atom is -0.456 e. The number of nitrogens with zero attached hydrogens (tertiary/aromatic N) is 3. The molecular formula is C43H25N3O. The molecule has 0 aliphatic heterocycles. The summed E-state index contributed by atoms with van der Waals surface area (Å²) in [6, 6.07) is 55.5. The number of fused-ring (bicyclic) bond motifs is 9. The third kappa shape index (κ3) is 3.75. The summed E-state index contributed by atoms with van der Waals surface area (Å²) in [6.45, 7) is 0. The maximum absolute atomic E-state index is 10.2. The van der Waals surface area contributed by atoms with E-state index < -0.39 is 0 Å². The first-order valence-corrected chi connectivity index (χ1v) is 15.7. The monoisotopic (exact) mass is 599 g/mol. The molecule has 0 amide bonds. The molecule has 0 atom stereocenters. The van der Waals surface area contributed by atoms with Crippen LogP contribution in [0.1, 0.15) is 5.56 Å². The molecule has 10 rings (SSSR count). The van der Waals surface area contributed by atoms with Gasteiger partial charge in [0.25, 0.3) is 0 Å². The second-order valence-electron chi connectivity index (χ2n) is 12.1. The first-order chi connectivity index (χ1) is 23.2. The zero-order valence-electron chi connectivity index (χ0n) is 25.2. The van der Waals surface area contributed by atoms with Crippen molar-refractivity contribution in [2.45, 2.75) is 0 Å². The SMILES string of the molecule is N#Cc1cc(-c2ccc3oc4ccccc4c3c2)cc(-n2c3ccccc3c3cc(-n4c5ccccc5c5ccccc54)ccc32)c1. The predicted octanol–water partition coefficient (Wildman–Crippen LogP) is 11.3. The van der Waals surface area contributed by atoms with Gasteiger partial charge in [-0.3, -0.25) is 0 Å². The summed E-state index contributed by atoms with van der Waals surface area (Å²) in [5, 5.41) is 17.1. The number of benzene rings is 7. The second kappa shape index (κ2) is 9.71. The number of para-hydroxylation sites is 4. The Balaban J connectivity index is 1.20. The van der Waals surface area contributed by atoms with Crippen LogP contribution in [0.4, 0.5) is 0 Å². The maximum Gasteiger partial charge on any atom is 0.135 e. The van der Waals surface area contributed by atoms with Gasteiger partial charge in [-0.15, -0.1) is 0 Å². The van der Waals surface area contributed by atoms with Gasteiger partial charge in [0.2, 0.25) is 0 Å². The Morgan fingerprint density at radius 3 is 1.68 bits per heavy atom. The summed E-state index contributed by atoms with van der Waals surface area (Å²) >= 11 is 0. The molecule has 0 N–H and O–H groups in total. The number of nitriles is 1. The number of furan rings is 1. The third-order valence-corrected chi connectivity index (χ3v) is 9.51. The molecule has 0 spiro atoms. The molecule has 3 aromatic heterocycles. The Bertz CT molecular complexity index is 2880. The van der Waals surface area contributed by atoms with E-state index in [2.05, 4.69) is 130 Å². The molecule has 4 heteroatoms. The van der Waals surface area contributed by atoms with Gasteiger partial charge >= 0.3 is 0 Å². The molecule has 0 aliphatic rings. The second-order valence-corrected chi connectivity index (χ2v) is 12.1. The van der Waals surface area contributed by atoms with Crippen LogP contribution in [0.5, 0.6) is 0 Å². The molecule has 10 aromatic rings. The number of hydrogen-bond acceptors (Lipinski definition) is 2. The lowest BCUT2D eigenvalue weighted by Crippen LogP contribution is -1.97. The highest BCUT2D eigenvalue weighted by Crippen LogP contribution is 2.38. The van der Waals surface area contributed by atoms with Gasteiger partial charge in [-0.1, -0.05) is 78.9 Å². The molecule has 47 heavy (non-hydrogen) atoms. The Labute approximate surface area is 269 Å². The predicted molar refractivity (Wildman–Crippen MR) is 193 cm³/mol. The number of hydrogen-bond donors (Lipinski definition) is 0. The third-order valence-electron chi connectivity index (χ3n) is 9.51. The minimum atomic E-state index is 0.613. The molecule has 0 radical (unpaired) electrons. The van der Waals surface area contributed by atoms with Crippen LogP contribution >= 0.6 is 0 Å². The summed E-state index contributed by atoms with van der Waals surface area (Å²) < 4.78 is 10.7. The van der Waals surface area contributed by atoms with Crippen LogP contribution in [-0.4, -0.2) is 9.13 Å². The van der Waals surface area contributed by atoms with E-state index in [1.165, 1.54) is 27.2 Å². The lowest BCUT2D eigenvalue weighted by Gasteiger charge is -2.12. The van der Waals surface area contributed by atoms with Crippen LogP contribution in [0, 0.1) is 11.3 Å². The normalized spacial score (nSPS) is 11.8. The lowest BCUT2D eigenvalue weighted by molar-refractivity contribution is 0.669. The zero-order valence-corrected chi connectivity index (χ0v) is 25.2. The van der Waals surface area contributed by atoms with E-state index in [0.717, 1.165) is 60.9 Å². The van der Waals surface area contributed by atoms with Gasteiger partial charge in [-0.05, 0) is 83.9 Å². The average molecular weight is 600 g/mol. The average Bonchev–Trinajstić information content (AvgIpc) is 3.78. The summed E-state index contributed by atoms with van der Waals surface area (Å²) in [4.78, 5) is 0. The van der Waals surface area contributed by atoms with E-state index in [0.29, 0.717) is 5.56 Å². The van der Waals surface area contributed by atoms with Crippen molar-refractivity contribution in [2.24, 2.45) is 0 Å². The van der Waals surface area contributed by atoms with Gasteiger partial charge in [0, 0.05) is 43.7 Å². The molecular weight excluding hydrogens is 574 g/mol. The smallest absolute Gasteiger partial charge is 0.135 e. The van der Waals surface area contributed by atoms with Gasteiger partial charge in [0.1, 0.15) is 11.2 Å². The fourth-order valence-electron chi connectivity index (χ4n) is 7.46. The molecule has 0 unspecified atom stereocenters. The number of aromatic nitrogens is 2. The van der Waals surface area contributed by atoms with E-state index in [1.807, 2.05) is 36.4 Å². The summed E-state index contributed by atoms with van der Waals surface area (Å²) in [5.74, 6) is 0. The Hall–Kier alpha value is -6.57. The van der Waals surface area contributed by atoms with Gasteiger partial charge in [-0.2, -0.15) is 5.26 Å². The summed E-state index contributed by atoms with van der Waals surface area (Å²) in [7, 11) is 0. The van der Waals surface area contributed by atoms with E-state index in [9.17, 15) is 5.26 Å². The van der Waals surface area contributed by atoms with Crippen molar-refractivity contribution in [2.75, 3.05) is 0 Å².